The first kappa shape index (κ1) is 19.6. The molecule has 0 saturated carbocycles. The molecule has 2 fully saturated rings. The van der Waals surface area contributed by atoms with Gasteiger partial charge >= 0.3 is 6.03 Å². The Bertz CT molecular complexity index is 883. The molecule has 3 aliphatic rings. The number of urea groups is 1. The number of fused-ring (bicyclic) bond motifs is 4. The smallest absolute Gasteiger partial charge is 0.318 e. The fraction of sp³-hybridized carbons (Fsp3) is 0.500. The molecule has 30 heavy (non-hydrogen) atoms. The zero-order valence-electron chi connectivity index (χ0n) is 18.0. The van der Waals surface area contributed by atoms with Gasteiger partial charge in [0.05, 0.1) is 6.04 Å². The van der Waals surface area contributed by atoms with E-state index in [2.05, 4.69) is 70.6 Å². The van der Waals surface area contributed by atoms with Crippen molar-refractivity contribution < 1.29 is 4.79 Å². The summed E-state index contributed by atoms with van der Waals surface area (Å²) >= 11 is 0. The predicted octanol–water partition coefficient (Wildman–Crippen LogP) is 4.93. The van der Waals surface area contributed by atoms with Gasteiger partial charge in [0.2, 0.25) is 0 Å². The van der Waals surface area contributed by atoms with Gasteiger partial charge in [0, 0.05) is 31.7 Å². The first-order valence-electron chi connectivity index (χ1n) is 11.7. The molecule has 0 aliphatic carbocycles. The summed E-state index contributed by atoms with van der Waals surface area (Å²) in [6.07, 6.45) is 5.49. The van der Waals surface area contributed by atoms with Gasteiger partial charge in [-0.1, -0.05) is 61.5 Å². The van der Waals surface area contributed by atoms with Gasteiger partial charge in [0.1, 0.15) is 0 Å². The van der Waals surface area contributed by atoms with Crippen LogP contribution in [0, 0.1) is 5.92 Å². The Balaban J connectivity index is 1.35. The Labute approximate surface area is 180 Å². The van der Waals surface area contributed by atoms with Gasteiger partial charge in [-0.2, -0.15) is 0 Å². The average Bonchev–Trinajstić information content (AvgIpc) is 2.81. The van der Waals surface area contributed by atoms with Crippen molar-refractivity contribution in [3.63, 3.8) is 0 Å². The molecule has 158 valence electrons. The lowest BCUT2D eigenvalue weighted by Crippen LogP contribution is -2.59. The van der Waals surface area contributed by atoms with Crippen molar-refractivity contribution >= 4 is 6.03 Å². The van der Waals surface area contributed by atoms with Crippen molar-refractivity contribution in [1.29, 1.82) is 0 Å². The number of amides is 2. The maximum atomic E-state index is 13.4. The monoisotopic (exact) mass is 403 g/mol. The Hall–Kier alpha value is -2.33. The zero-order valence-corrected chi connectivity index (χ0v) is 18.0. The summed E-state index contributed by atoms with van der Waals surface area (Å²) in [5.74, 6) is 0.600. The van der Waals surface area contributed by atoms with Gasteiger partial charge in [-0.05, 0) is 54.7 Å². The summed E-state index contributed by atoms with van der Waals surface area (Å²) in [6.45, 7) is 5.31. The van der Waals surface area contributed by atoms with Crippen LogP contribution in [-0.4, -0.2) is 41.5 Å². The third kappa shape index (κ3) is 3.62. The summed E-state index contributed by atoms with van der Waals surface area (Å²) in [5, 5.41) is 3.35. The Morgan fingerprint density at radius 2 is 1.90 bits per heavy atom. The largest absolute Gasteiger partial charge is 0.331 e. The summed E-state index contributed by atoms with van der Waals surface area (Å²) in [5.41, 5.74) is 4.18. The number of rotatable bonds is 3. The van der Waals surface area contributed by atoms with Gasteiger partial charge in [-0.25, -0.2) is 4.79 Å². The molecule has 0 spiro atoms. The van der Waals surface area contributed by atoms with Gasteiger partial charge in [0.15, 0.2) is 0 Å². The number of nitrogens with zero attached hydrogens (tertiary/aromatic N) is 2. The van der Waals surface area contributed by atoms with Crippen LogP contribution >= 0.6 is 0 Å². The van der Waals surface area contributed by atoms with E-state index < -0.39 is 0 Å². The van der Waals surface area contributed by atoms with E-state index >= 15 is 0 Å². The molecular formula is C26H33N3O. The van der Waals surface area contributed by atoms with Crippen LogP contribution < -0.4 is 5.32 Å². The third-order valence-electron chi connectivity index (χ3n) is 7.54. The van der Waals surface area contributed by atoms with E-state index in [0.29, 0.717) is 18.0 Å². The average molecular weight is 404 g/mol. The van der Waals surface area contributed by atoms with Crippen molar-refractivity contribution in [3.05, 3.63) is 71.3 Å². The topological polar surface area (TPSA) is 35.6 Å². The lowest BCUT2D eigenvalue weighted by atomic mass is 9.77. The number of carbonyl (C=O) groups is 1. The lowest BCUT2D eigenvalue weighted by Gasteiger charge is -2.52. The molecule has 4 heteroatoms. The van der Waals surface area contributed by atoms with Crippen molar-refractivity contribution in [3.8, 4) is 0 Å². The van der Waals surface area contributed by atoms with Crippen LogP contribution in [0.2, 0.25) is 0 Å². The Morgan fingerprint density at radius 1 is 1.10 bits per heavy atom. The molecule has 2 aromatic carbocycles. The van der Waals surface area contributed by atoms with Gasteiger partial charge in [0.25, 0.3) is 0 Å². The molecule has 2 aromatic rings. The number of hydrogen-bond acceptors (Lipinski definition) is 2. The number of benzene rings is 2. The van der Waals surface area contributed by atoms with Crippen molar-refractivity contribution in [2.75, 3.05) is 19.6 Å². The first-order chi connectivity index (χ1) is 14.7. The lowest BCUT2D eigenvalue weighted by molar-refractivity contribution is 0.00521. The highest BCUT2D eigenvalue weighted by Gasteiger charge is 2.44. The standard InChI is InChI=1S/C26H33N3O/c1-2-23(20-10-4-3-5-11-20)27-26(30)29-15-8-12-21-18-28-16-14-19-9-6-7-13-22(19)25(28)17-24(21)29/h3-7,9-11,13,21,23-25H,2,8,12,14-18H2,1H3,(H,27,30)/t21-,23-,24+,25-/m1/s1. The summed E-state index contributed by atoms with van der Waals surface area (Å²) in [4.78, 5) is 18.3. The maximum absolute atomic E-state index is 13.4. The van der Waals surface area contributed by atoms with Crippen molar-refractivity contribution in [1.82, 2.24) is 15.1 Å². The quantitative estimate of drug-likeness (QED) is 0.789. The van der Waals surface area contributed by atoms with E-state index in [1.165, 1.54) is 23.1 Å². The van der Waals surface area contributed by atoms with E-state index in [4.69, 9.17) is 0 Å². The second-order valence-electron chi connectivity index (χ2n) is 9.18. The molecular weight excluding hydrogens is 370 g/mol. The molecule has 4 atom stereocenters. The molecule has 2 saturated heterocycles. The first-order valence-corrected chi connectivity index (χ1v) is 11.7. The van der Waals surface area contributed by atoms with Crippen LogP contribution in [-0.2, 0) is 6.42 Å². The second-order valence-corrected chi connectivity index (χ2v) is 9.18. The molecule has 3 aliphatic heterocycles. The van der Waals surface area contributed by atoms with Gasteiger partial charge < -0.3 is 10.2 Å². The van der Waals surface area contributed by atoms with E-state index in [0.717, 1.165) is 45.3 Å². The molecule has 0 radical (unpaired) electrons. The zero-order chi connectivity index (χ0) is 20.5. The normalized spacial score (nSPS) is 26.8. The highest BCUT2D eigenvalue weighted by Crippen LogP contribution is 2.42. The van der Waals surface area contributed by atoms with E-state index in [1.54, 1.807) is 0 Å². The van der Waals surface area contributed by atoms with Crippen LogP contribution in [0.25, 0.3) is 0 Å². The molecule has 5 rings (SSSR count). The predicted molar refractivity (Wildman–Crippen MR) is 120 cm³/mol. The number of nitrogens with one attached hydrogen (secondary N) is 1. The van der Waals surface area contributed by atoms with Crippen molar-refractivity contribution in [2.24, 2.45) is 5.92 Å². The van der Waals surface area contributed by atoms with E-state index in [9.17, 15) is 4.79 Å². The molecule has 3 heterocycles. The third-order valence-corrected chi connectivity index (χ3v) is 7.54. The van der Waals surface area contributed by atoms with Crippen LogP contribution in [0.3, 0.4) is 0 Å². The molecule has 4 nitrogen and oxygen atoms in total. The summed E-state index contributed by atoms with van der Waals surface area (Å²) in [7, 11) is 0. The Kier molecular flexibility index (Phi) is 5.51. The number of likely N-dealkylation sites (tertiary alicyclic amines) is 1. The van der Waals surface area contributed by atoms with Crippen LogP contribution in [0.1, 0.15) is 61.4 Å². The SMILES string of the molecule is CC[C@@H](NC(=O)N1CCC[C@@H]2CN3CCc4ccccc4[C@H]3C[C@@H]21)c1ccccc1. The second kappa shape index (κ2) is 8.43. The highest BCUT2D eigenvalue weighted by molar-refractivity contribution is 5.75. The summed E-state index contributed by atoms with van der Waals surface area (Å²) in [6, 6.07) is 20.3. The molecule has 2 amide bonds. The molecule has 0 aromatic heterocycles. The fourth-order valence-corrected chi connectivity index (χ4v) is 5.99. The molecule has 1 N–H and O–H groups in total. The Morgan fingerprint density at radius 3 is 2.73 bits per heavy atom. The summed E-state index contributed by atoms with van der Waals surface area (Å²) < 4.78 is 0. The fourth-order valence-electron chi connectivity index (χ4n) is 5.99. The minimum absolute atomic E-state index is 0.0783. The number of hydrogen-bond donors (Lipinski definition) is 1. The van der Waals surface area contributed by atoms with Crippen LogP contribution in [0.5, 0.6) is 0 Å². The highest BCUT2D eigenvalue weighted by atomic mass is 16.2. The van der Waals surface area contributed by atoms with Gasteiger partial charge in [-0.3, -0.25) is 4.90 Å². The van der Waals surface area contributed by atoms with Crippen LogP contribution in [0.4, 0.5) is 4.79 Å². The van der Waals surface area contributed by atoms with Crippen molar-refractivity contribution in [2.45, 2.75) is 57.2 Å². The number of carbonyl (C=O) groups excluding carboxylic acids is 1. The molecule has 0 unspecified atom stereocenters. The van der Waals surface area contributed by atoms with E-state index in [-0.39, 0.29) is 12.1 Å². The minimum Gasteiger partial charge on any atom is -0.331 e. The minimum atomic E-state index is 0.0783. The van der Waals surface area contributed by atoms with Crippen LogP contribution in [0.15, 0.2) is 54.6 Å². The molecule has 0 bridgehead atoms. The maximum Gasteiger partial charge on any atom is 0.318 e. The van der Waals surface area contributed by atoms with E-state index in [1.807, 2.05) is 6.07 Å². The number of piperidine rings is 2. The van der Waals surface area contributed by atoms with Gasteiger partial charge in [-0.15, -0.1) is 0 Å².